The van der Waals surface area contributed by atoms with Crippen molar-refractivity contribution in [3.63, 3.8) is 0 Å². The SMILES string of the molecule is CC(=O)NC1C(OC2C(C(=O)O)OC(OC3C(CO)OC(OC4C(C(=O)O)OC(OC5C(O)C(CO)OC(OC6C(O)C(CO)OC(OC7COC(OCC(N)C(=O)O)C(O)C7O)C6O)C5O)C(O)C4O)C(NC(C)=O)C3O)C(O)C2O)OC(CO)C(O)C1O. The minimum Gasteiger partial charge on any atom is -0.480 e. The van der Waals surface area contributed by atoms with Gasteiger partial charge in [0.1, 0.15) is 159 Å². The number of rotatable bonds is 24. The van der Waals surface area contributed by atoms with Crippen LogP contribution in [0.4, 0.5) is 0 Å². The Kier molecular flexibility index (Phi) is 25.8. The van der Waals surface area contributed by atoms with E-state index in [1.54, 1.807) is 0 Å². The van der Waals surface area contributed by atoms with Crippen molar-refractivity contribution in [3.8, 4) is 0 Å². The molecule has 7 aliphatic rings. The van der Waals surface area contributed by atoms with Crippen LogP contribution < -0.4 is 16.4 Å². The fourth-order valence-corrected chi connectivity index (χ4v) is 10.8. The molecule has 24 N–H and O–H groups in total. The number of ether oxygens (including phenoxy) is 14. The van der Waals surface area contributed by atoms with E-state index in [0.29, 0.717) is 0 Å². The second-order valence-corrected chi connectivity index (χ2v) is 21.9. The molecule has 7 fully saturated rings. The molecule has 0 bridgehead atoms. The predicted molar refractivity (Wildman–Crippen MR) is 269 cm³/mol. The number of nitrogens with two attached hydrogens (primary N) is 1. The summed E-state index contributed by atoms with van der Waals surface area (Å²) in [6.07, 6.45) is -67.6. The van der Waals surface area contributed by atoms with E-state index in [4.69, 9.17) is 77.2 Å². The van der Waals surface area contributed by atoms with E-state index >= 15 is 0 Å². The summed E-state index contributed by atoms with van der Waals surface area (Å²) < 4.78 is 77.8. The monoisotopic (exact) mass is 1320 g/mol. The van der Waals surface area contributed by atoms with E-state index in [0.717, 1.165) is 13.8 Å². The summed E-state index contributed by atoms with van der Waals surface area (Å²) >= 11 is 0. The summed E-state index contributed by atoms with van der Waals surface area (Å²) in [5, 5.41) is 220. The number of nitrogens with one attached hydrogen (secondary N) is 2. The maximum Gasteiger partial charge on any atom is 0.335 e. The molecule has 35 atom stereocenters. The van der Waals surface area contributed by atoms with E-state index in [1.807, 2.05) is 0 Å². The van der Waals surface area contributed by atoms with Crippen molar-refractivity contribution in [2.75, 3.05) is 39.6 Å². The molecule has 0 aromatic rings. The number of carboxylic acid groups (broad SMARTS) is 3. The normalized spacial score (nSPS) is 47.2. The van der Waals surface area contributed by atoms with Crippen LogP contribution in [-0.4, -0.2) is 386 Å². The average molecular weight is 1320 g/mol. The van der Waals surface area contributed by atoms with Gasteiger partial charge in [0.15, 0.2) is 56.2 Å². The lowest BCUT2D eigenvalue weighted by Gasteiger charge is -2.50. The zero-order valence-corrected chi connectivity index (χ0v) is 47.2. The van der Waals surface area contributed by atoms with E-state index < -0.39 is 284 Å². The van der Waals surface area contributed by atoms with E-state index in [-0.39, 0.29) is 0 Å². The van der Waals surface area contributed by atoms with E-state index in [2.05, 4.69) is 10.6 Å². The van der Waals surface area contributed by atoms with Gasteiger partial charge >= 0.3 is 17.9 Å². The molecule has 7 rings (SSSR count). The lowest BCUT2D eigenvalue weighted by Crippen LogP contribution is -2.70. The zero-order valence-electron chi connectivity index (χ0n) is 47.2. The molecule has 42 nitrogen and oxygen atoms in total. The maximum absolute atomic E-state index is 12.9. The number of aliphatic carboxylic acids is 3. The molecule has 0 aliphatic carbocycles. The number of hydrogen-bond donors (Lipinski definition) is 23. The summed E-state index contributed by atoms with van der Waals surface area (Å²) in [5.74, 6) is -7.19. The summed E-state index contributed by atoms with van der Waals surface area (Å²) in [6.45, 7) is -3.70. The largest absolute Gasteiger partial charge is 0.480 e. The highest BCUT2D eigenvalue weighted by molar-refractivity contribution is 5.75. The molecule has 0 aromatic carbocycles. The van der Waals surface area contributed by atoms with Crippen LogP contribution in [-0.2, 0) is 90.3 Å². The van der Waals surface area contributed by atoms with Crippen LogP contribution in [0.2, 0.25) is 0 Å². The summed E-state index contributed by atoms with van der Waals surface area (Å²) in [7, 11) is 0. The van der Waals surface area contributed by atoms with E-state index in [1.165, 1.54) is 0 Å². The Morgan fingerprint density at radius 2 is 0.778 bits per heavy atom. The second-order valence-electron chi connectivity index (χ2n) is 21.9. The molecule has 2 amide bonds. The van der Waals surface area contributed by atoms with Gasteiger partial charge < -0.3 is 185 Å². The van der Waals surface area contributed by atoms with Crippen LogP contribution in [0.3, 0.4) is 0 Å². The third kappa shape index (κ3) is 16.1. The number of carboxylic acids is 3. The van der Waals surface area contributed by atoms with Crippen LogP contribution >= 0.6 is 0 Å². The number of aliphatic hydroxyl groups excluding tert-OH is 17. The van der Waals surface area contributed by atoms with Gasteiger partial charge in [0, 0.05) is 13.8 Å². The number of carbonyl (C=O) groups excluding carboxylic acids is 2. The Morgan fingerprint density at radius 1 is 0.411 bits per heavy atom. The first-order valence-corrected chi connectivity index (χ1v) is 27.7. The minimum absolute atomic E-state index is 0.625. The average Bonchev–Trinajstić information content (AvgIpc) is 0.913. The Hall–Kier alpha value is -3.93. The summed E-state index contributed by atoms with van der Waals surface area (Å²) in [5.41, 5.74) is 5.41. The lowest BCUT2D eigenvalue weighted by atomic mass is 9.94. The quantitative estimate of drug-likeness (QED) is 0.0427. The Balaban J connectivity index is 1.03. The molecule has 35 unspecified atom stereocenters. The van der Waals surface area contributed by atoms with Crippen molar-refractivity contribution >= 4 is 29.7 Å². The maximum atomic E-state index is 12.9. The highest BCUT2D eigenvalue weighted by Gasteiger charge is 2.60. The van der Waals surface area contributed by atoms with Gasteiger partial charge in [-0.25, -0.2) is 9.59 Å². The van der Waals surface area contributed by atoms with Crippen LogP contribution in [0.15, 0.2) is 0 Å². The van der Waals surface area contributed by atoms with Crippen LogP contribution in [0.25, 0.3) is 0 Å². The van der Waals surface area contributed by atoms with Crippen LogP contribution in [0.5, 0.6) is 0 Å². The second kappa shape index (κ2) is 31.5. The van der Waals surface area contributed by atoms with Gasteiger partial charge in [-0.2, -0.15) is 0 Å². The van der Waals surface area contributed by atoms with Crippen molar-refractivity contribution in [3.05, 3.63) is 0 Å². The predicted octanol–water partition coefficient (Wildman–Crippen LogP) is -15.7. The first-order chi connectivity index (χ1) is 42.4. The van der Waals surface area contributed by atoms with Gasteiger partial charge in [0.05, 0.1) is 39.6 Å². The highest BCUT2D eigenvalue weighted by atomic mass is 16.8. The van der Waals surface area contributed by atoms with Crippen molar-refractivity contribution in [2.45, 2.75) is 229 Å². The molecule has 0 radical (unpaired) electrons. The minimum atomic E-state index is -2.52. The molecule has 7 saturated heterocycles. The van der Waals surface area contributed by atoms with Crippen molar-refractivity contribution in [2.24, 2.45) is 5.73 Å². The van der Waals surface area contributed by atoms with Gasteiger partial charge in [-0.15, -0.1) is 0 Å². The first kappa shape index (κ1) is 73.5. The lowest BCUT2D eigenvalue weighted by molar-refractivity contribution is -0.390. The molecule has 7 aliphatic heterocycles. The number of hydrogen-bond acceptors (Lipinski definition) is 37. The Morgan fingerprint density at radius 3 is 1.20 bits per heavy atom. The number of carbonyl (C=O) groups is 5. The van der Waals surface area contributed by atoms with Gasteiger partial charge in [-0.3, -0.25) is 14.4 Å². The standard InChI is InChI=1S/C48H77N3O39/c1-9(56)50-17-23(62)19(58)12(3-52)79-42(17)87-35-25(64)28(67)45(89-37(35)40(73)74)84-32-15(6-55)82-43(18(24(32)63)51-10(2)57)88-36-26(65)29(68)46(90-38(36)41(75)76)85-34-22(61)14(5-54)81-48(31(34)70)86-33-21(60)13(4-53)80-47(30(33)69)83-16-8-78-44(27(66)20(16)59)77-7-11(49)39(71)72/h11-38,42-48,52-55,58-70H,3-8,49H2,1-2H3,(H,50,56)(H,51,57)(H,71,72)(H,73,74)(H,75,76). The smallest absolute Gasteiger partial charge is 0.335 e. The van der Waals surface area contributed by atoms with Crippen molar-refractivity contribution in [1.82, 2.24) is 10.6 Å². The van der Waals surface area contributed by atoms with E-state index in [9.17, 15) is 121 Å². The number of aliphatic hydroxyl groups is 17. The third-order valence-electron chi connectivity index (χ3n) is 15.7. The fourth-order valence-electron chi connectivity index (χ4n) is 10.8. The summed E-state index contributed by atoms with van der Waals surface area (Å²) in [6, 6.07) is -5.22. The molecule has 0 aromatic heterocycles. The molecule has 7 heterocycles. The summed E-state index contributed by atoms with van der Waals surface area (Å²) in [4.78, 5) is 61.3. The zero-order chi connectivity index (χ0) is 66.7. The Bertz CT molecular complexity index is 2380. The van der Waals surface area contributed by atoms with Crippen LogP contribution in [0.1, 0.15) is 13.8 Å². The molecular formula is C48H77N3O39. The first-order valence-electron chi connectivity index (χ1n) is 27.7. The molecule has 90 heavy (non-hydrogen) atoms. The molecular weight excluding hydrogens is 1240 g/mol. The fraction of sp³-hybridized carbons (Fsp3) is 0.896. The molecule has 0 saturated carbocycles. The third-order valence-corrected chi connectivity index (χ3v) is 15.7. The van der Waals surface area contributed by atoms with Gasteiger partial charge in [-0.1, -0.05) is 0 Å². The molecule has 518 valence electrons. The van der Waals surface area contributed by atoms with Crippen LogP contribution in [0, 0.1) is 0 Å². The number of amides is 2. The molecule has 42 heteroatoms. The van der Waals surface area contributed by atoms with Gasteiger partial charge in [-0.05, 0) is 0 Å². The Labute approximate surface area is 506 Å². The molecule has 0 spiro atoms. The van der Waals surface area contributed by atoms with Crippen molar-refractivity contribution in [1.29, 1.82) is 0 Å². The van der Waals surface area contributed by atoms with Crippen molar-refractivity contribution < 1.29 is 192 Å². The topological polar surface area (TPSA) is 669 Å². The van der Waals surface area contributed by atoms with Gasteiger partial charge in [0.2, 0.25) is 11.8 Å². The van der Waals surface area contributed by atoms with Gasteiger partial charge in [0.25, 0.3) is 0 Å². The highest BCUT2D eigenvalue weighted by Crippen LogP contribution is 2.38.